The number of halogens is 1. The summed E-state index contributed by atoms with van der Waals surface area (Å²) in [6, 6.07) is 15.4. The van der Waals surface area contributed by atoms with Crippen LogP contribution in [0.15, 0.2) is 53.4 Å². The first-order valence-electron chi connectivity index (χ1n) is 7.45. The number of hydrogen-bond donors (Lipinski definition) is 1. The van der Waals surface area contributed by atoms with Crippen LogP contribution < -0.4 is 10.1 Å². The van der Waals surface area contributed by atoms with Gasteiger partial charge in [-0.2, -0.15) is 0 Å². The zero-order valence-corrected chi connectivity index (χ0v) is 14.6. The van der Waals surface area contributed by atoms with Gasteiger partial charge in [0.25, 0.3) is 0 Å². The average molecular weight is 350 g/mol. The molecule has 2 aromatic carbocycles. The number of hydrogen-bond acceptors (Lipinski definition) is 3. The lowest BCUT2D eigenvalue weighted by atomic mass is 10.2. The van der Waals surface area contributed by atoms with E-state index in [1.54, 1.807) is 18.9 Å². The Hall–Kier alpha value is -1.65. The van der Waals surface area contributed by atoms with Gasteiger partial charge in [-0.1, -0.05) is 23.7 Å². The summed E-state index contributed by atoms with van der Waals surface area (Å²) >= 11 is 7.58. The Morgan fingerprint density at radius 2 is 1.83 bits per heavy atom. The molecule has 0 heterocycles. The molecule has 0 saturated heterocycles. The molecule has 0 atom stereocenters. The molecule has 2 aromatic rings. The van der Waals surface area contributed by atoms with Crippen molar-refractivity contribution in [2.24, 2.45) is 0 Å². The number of thioether (sulfide) groups is 1. The van der Waals surface area contributed by atoms with Crippen molar-refractivity contribution < 1.29 is 9.53 Å². The van der Waals surface area contributed by atoms with Gasteiger partial charge in [-0.3, -0.25) is 4.79 Å². The first kappa shape index (κ1) is 17.7. The van der Waals surface area contributed by atoms with Crippen molar-refractivity contribution in [1.29, 1.82) is 0 Å². The minimum absolute atomic E-state index is 0.0810. The maximum Gasteiger partial charge on any atom is 0.220 e. The van der Waals surface area contributed by atoms with Crippen molar-refractivity contribution in [2.45, 2.75) is 24.3 Å². The average Bonchev–Trinajstić information content (AvgIpc) is 2.59. The highest BCUT2D eigenvalue weighted by molar-refractivity contribution is 7.99. The van der Waals surface area contributed by atoms with Gasteiger partial charge in [-0.15, -0.1) is 11.8 Å². The molecule has 0 unspecified atom stereocenters. The van der Waals surface area contributed by atoms with Gasteiger partial charge in [0.1, 0.15) is 5.75 Å². The lowest BCUT2D eigenvalue weighted by Crippen LogP contribution is -2.22. The first-order valence-corrected chi connectivity index (χ1v) is 8.82. The number of amides is 1. The summed E-state index contributed by atoms with van der Waals surface area (Å²) in [6.07, 6.45) is 1.39. The number of carbonyl (C=O) groups is 1. The van der Waals surface area contributed by atoms with E-state index in [2.05, 4.69) is 5.32 Å². The Balaban J connectivity index is 1.62. The van der Waals surface area contributed by atoms with E-state index in [0.717, 1.165) is 28.5 Å². The normalized spacial score (nSPS) is 10.3. The largest absolute Gasteiger partial charge is 0.497 e. The van der Waals surface area contributed by atoms with E-state index in [1.165, 1.54) is 4.90 Å². The standard InChI is InChI=1S/C18H20ClNO2S/c1-22-16-8-4-14(5-9-16)13-20-18(21)3-2-12-23-17-10-6-15(19)7-11-17/h4-11H,2-3,12-13H2,1H3,(H,20,21). The number of carbonyl (C=O) groups excluding carboxylic acids is 1. The molecule has 0 spiro atoms. The molecular formula is C18H20ClNO2S. The number of rotatable bonds is 8. The maximum absolute atomic E-state index is 11.8. The van der Waals surface area contributed by atoms with E-state index in [0.29, 0.717) is 13.0 Å². The van der Waals surface area contributed by atoms with Gasteiger partial charge >= 0.3 is 0 Å². The van der Waals surface area contributed by atoms with Crippen molar-refractivity contribution in [3.05, 3.63) is 59.1 Å². The van der Waals surface area contributed by atoms with Crippen molar-refractivity contribution in [3.8, 4) is 5.75 Å². The predicted molar refractivity (Wildman–Crippen MR) is 96.3 cm³/mol. The second kappa shape index (κ2) is 9.48. The van der Waals surface area contributed by atoms with Crippen LogP contribution in [-0.2, 0) is 11.3 Å². The summed E-state index contributed by atoms with van der Waals surface area (Å²) < 4.78 is 5.11. The van der Waals surface area contributed by atoms with Gasteiger partial charge in [-0.05, 0) is 54.1 Å². The maximum atomic E-state index is 11.8. The first-order chi connectivity index (χ1) is 11.2. The van der Waals surface area contributed by atoms with Crippen molar-refractivity contribution in [2.75, 3.05) is 12.9 Å². The van der Waals surface area contributed by atoms with E-state index >= 15 is 0 Å². The highest BCUT2D eigenvalue weighted by Crippen LogP contribution is 2.21. The van der Waals surface area contributed by atoms with Crippen molar-refractivity contribution >= 4 is 29.3 Å². The Bertz CT molecular complexity index is 614. The van der Waals surface area contributed by atoms with Crippen LogP contribution in [0, 0.1) is 0 Å². The van der Waals surface area contributed by atoms with Crippen LogP contribution in [0.5, 0.6) is 5.75 Å². The third-order valence-corrected chi connectivity index (χ3v) is 4.63. The molecule has 0 fully saturated rings. The molecule has 0 aliphatic carbocycles. The molecule has 0 radical (unpaired) electrons. The number of ether oxygens (including phenoxy) is 1. The predicted octanol–water partition coefficient (Wildman–Crippen LogP) is 4.54. The molecular weight excluding hydrogens is 330 g/mol. The van der Waals surface area contributed by atoms with E-state index < -0.39 is 0 Å². The van der Waals surface area contributed by atoms with Gasteiger partial charge in [0.05, 0.1) is 7.11 Å². The summed E-state index contributed by atoms with van der Waals surface area (Å²) in [5.41, 5.74) is 1.06. The van der Waals surface area contributed by atoms with Gasteiger partial charge in [0.15, 0.2) is 0 Å². The molecule has 1 amide bonds. The summed E-state index contributed by atoms with van der Waals surface area (Å²) in [5, 5.41) is 3.68. The molecule has 3 nitrogen and oxygen atoms in total. The van der Waals surface area contributed by atoms with Crippen molar-refractivity contribution in [3.63, 3.8) is 0 Å². The van der Waals surface area contributed by atoms with Crippen LogP contribution in [0.4, 0.5) is 0 Å². The Kier molecular flexibility index (Phi) is 7.30. The molecule has 1 N–H and O–H groups in total. The molecule has 23 heavy (non-hydrogen) atoms. The summed E-state index contributed by atoms with van der Waals surface area (Å²) in [5.74, 6) is 1.81. The van der Waals surface area contributed by atoms with E-state index in [4.69, 9.17) is 16.3 Å². The second-order valence-electron chi connectivity index (χ2n) is 5.03. The molecule has 0 bridgehead atoms. The Morgan fingerprint density at radius 1 is 1.13 bits per heavy atom. The second-order valence-corrected chi connectivity index (χ2v) is 6.64. The van der Waals surface area contributed by atoms with E-state index in [1.807, 2.05) is 48.5 Å². The molecule has 0 saturated carbocycles. The number of nitrogens with one attached hydrogen (secondary N) is 1. The van der Waals surface area contributed by atoms with Gasteiger partial charge in [-0.25, -0.2) is 0 Å². The SMILES string of the molecule is COc1ccc(CNC(=O)CCCSc2ccc(Cl)cc2)cc1. The monoisotopic (exact) mass is 349 g/mol. The zero-order valence-electron chi connectivity index (χ0n) is 13.0. The molecule has 122 valence electrons. The summed E-state index contributed by atoms with van der Waals surface area (Å²) in [7, 11) is 1.64. The fourth-order valence-corrected chi connectivity index (χ4v) is 2.96. The third kappa shape index (κ3) is 6.55. The molecule has 2 rings (SSSR count). The fraction of sp³-hybridized carbons (Fsp3) is 0.278. The minimum Gasteiger partial charge on any atom is -0.497 e. The fourth-order valence-electron chi connectivity index (χ4n) is 1.99. The molecule has 0 aliphatic heterocycles. The van der Waals surface area contributed by atoms with Crippen LogP contribution >= 0.6 is 23.4 Å². The molecule has 0 aliphatic rings. The van der Waals surface area contributed by atoms with E-state index in [-0.39, 0.29) is 5.91 Å². The van der Waals surface area contributed by atoms with Gasteiger partial charge in [0.2, 0.25) is 5.91 Å². The number of methoxy groups -OCH3 is 1. The smallest absolute Gasteiger partial charge is 0.220 e. The highest BCUT2D eigenvalue weighted by Gasteiger charge is 2.02. The Labute approximate surface area is 146 Å². The van der Waals surface area contributed by atoms with E-state index in [9.17, 15) is 4.79 Å². The molecule has 5 heteroatoms. The van der Waals surface area contributed by atoms with Crippen LogP contribution in [0.2, 0.25) is 5.02 Å². The lowest BCUT2D eigenvalue weighted by molar-refractivity contribution is -0.121. The molecule has 0 aromatic heterocycles. The quantitative estimate of drug-likeness (QED) is 0.561. The van der Waals surface area contributed by atoms with Gasteiger partial charge < -0.3 is 10.1 Å². The van der Waals surface area contributed by atoms with Crippen LogP contribution in [0.25, 0.3) is 0 Å². The minimum atomic E-state index is 0.0810. The summed E-state index contributed by atoms with van der Waals surface area (Å²) in [6.45, 7) is 0.549. The lowest BCUT2D eigenvalue weighted by Gasteiger charge is -2.06. The van der Waals surface area contributed by atoms with Crippen LogP contribution in [0.3, 0.4) is 0 Å². The Morgan fingerprint density at radius 3 is 2.48 bits per heavy atom. The summed E-state index contributed by atoms with van der Waals surface area (Å²) in [4.78, 5) is 13.0. The number of benzene rings is 2. The van der Waals surface area contributed by atoms with Gasteiger partial charge in [0, 0.05) is 22.9 Å². The third-order valence-electron chi connectivity index (χ3n) is 3.28. The van der Waals surface area contributed by atoms with Crippen LogP contribution in [0.1, 0.15) is 18.4 Å². The van der Waals surface area contributed by atoms with Crippen molar-refractivity contribution in [1.82, 2.24) is 5.32 Å². The van der Waals surface area contributed by atoms with Crippen LogP contribution in [-0.4, -0.2) is 18.8 Å². The highest BCUT2D eigenvalue weighted by atomic mass is 35.5. The zero-order chi connectivity index (χ0) is 16.5. The topological polar surface area (TPSA) is 38.3 Å².